The van der Waals surface area contributed by atoms with Crippen LogP contribution in [-0.2, 0) is 4.79 Å². The summed E-state index contributed by atoms with van der Waals surface area (Å²) < 4.78 is 0. The lowest BCUT2D eigenvalue weighted by Gasteiger charge is -2.58. The van der Waals surface area contributed by atoms with Gasteiger partial charge in [0.1, 0.15) is 5.25 Å². The summed E-state index contributed by atoms with van der Waals surface area (Å²) in [5.74, 6) is 1.96. The van der Waals surface area contributed by atoms with Gasteiger partial charge in [-0.05, 0) is 66.9 Å². The van der Waals surface area contributed by atoms with E-state index in [2.05, 4.69) is 13.8 Å². The highest BCUT2D eigenvalue weighted by atomic mass is 32.2. The van der Waals surface area contributed by atoms with E-state index in [4.69, 9.17) is 0 Å². The third-order valence-electron chi connectivity index (χ3n) is 5.27. The standard InChI is InChI=1S/C15H24O2S/c1-9(2)18-13(14(16)17)15-6-10-3-11(7-15)5-12(4-10)8-15/h9-13H,3-8H2,1-2H3,(H,16,17). The maximum absolute atomic E-state index is 11.7. The molecule has 4 bridgehead atoms. The maximum atomic E-state index is 11.7. The smallest absolute Gasteiger partial charge is 0.317 e. The number of carboxylic acids is 1. The molecule has 4 rings (SSSR count). The zero-order chi connectivity index (χ0) is 12.9. The van der Waals surface area contributed by atoms with Crippen molar-refractivity contribution >= 4 is 17.7 Å². The molecule has 102 valence electrons. The van der Waals surface area contributed by atoms with Crippen LogP contribution in [0.2, 0.25) is 0 Å². The molecule has 0 aromatic heterocycles. The van der Waals surface area contributed by atoms with Gasteiger partial charge < -0.3 is 5.11 Å². The summed E-state index contributed by atoms with van der Waals surface area (Å²) in [7, 11) is 0. The maximum Gasteiger partial charge on any atom is 0.317 e. The molecule has 1 N–H and O–H groups in total. The van der Waals surface area contributed by atoms with Crippen molar-refractivity contribution < 1.29 is 9.90 Å². The third kappa shape index (κ3) is 2.09. The van der Waals surface area contributed by atoms with Crippen LogP contribution in [0.3, 0.4) is 0 Å². The largest absolute Gasteiger partial charge is 0.480 e. The molecule has 0 aromatic rings. The van der Waals surface area contributed by atoms with E-state index in [1.807, 2.05) is 0 Å². The summed E-state index contributed by atoms with van der Waals surface area (Å²) in [6.07, 6.45) is 7.73. The summed E-state index contributed by atoms with van der Waals surface area (Å²) in [6, 6.07) is 0. The predicted molar refractivity (Wildman–Crippen MR) is 74.8 cm³/mol. The van der Waals surface area contributed by atoms with Crippen LogP contribution in [0.1, 0.15) is 52.4 Å². The van der Waals surface area contributed by atoms with E-state index < -0.39 is 5.97 Å². The van der Waals surface area contributed by atoms with Crippen LogP contribution in [0, 0.1) is 23.2 Å². The number of carboxylic acid groups (broad SMARTS) is 1. The summed E-state index contributed by atoms with van der Waals surface area (Å²) in [6.45, 7) is 4.25. The van der Waals surface area contributed by atoms with Gasteiger partial charge in [-0.15, -0.1) is 11.8 Å². The van der Waals surface area contributed by atoms with Crippen molar-refractivity contribution in [2.45, 2.75) is 62.9 Å². The Kier molecular flexibility index (Phi) is 3.16. The summed E-state index contributed by atoms with van der Waals surface area (Å²) in [5.41, 5.74) is 0.134. The number of rotatable bonds is 4. The fourth-order valence-electron chi connectivity index (χ4n) is 5.24. The Morgan fingerprint density at radius 1 is 1.11 bits per heavy atom. The van der Waals surface area contributed by atoms with Crippen LogP contribution in [0.25, 0.3) is 0 Å². The third-order valence-corrected chi connectivity index (χ3v) is 6.79. The molecule has 0 aliphatic heterocycles. The molecule has 4 saturated carbocycles. The molecule has 0 aromatic carbocycles. The van der Waals surface area contributed by atoms with Crippen molar-refractivity contribution in [1.29, 1.82) is 0 Å². The molecular weight excluding hydrogens is 244 g/mol. The van der Waals surface area contributed by atoms with Crippen molar-refractivity contribution in [2.24, 2.45) is 23.2 Å². The second-order valence-electron chi connectivity index (χ2n) is 7.18. The van der Waals surface area contributed by atoms with Crippen LogP contribution >= 0.6 is 11.8 Å². The molecule has 0 saturated heterocycles. The molecular formula is C15H24O2S. The SMILES string of the molecule is CC(C)SC(C(=O)O)C12CC3CC(CC(C3)C1)C2. The van der Waals surface area contributed by atoms with Crippen LogP contribution in [0.4, 0.5) is 0 Å². The van der Waals surface area contributed by atoms with Gasteiger partial charge in [-0.25, -0.2) is 0 Å². The molecule has 4 aliphatic carbocycles. The van der Waals surface area contributed by atoms with E-state index in [9.17, 15) is 9.90 Å². The van der Waals surface area contributed by atoms with E-state index in [1.165, 1.54) is 38.5 Å². The lowest BCUT2D eigenvalue weighted by molar-refractivity contribution is -0.144. The topological polar surface area (TPSA) is 37.3 Å². The molecule has 3 heteroatoms. The molecule has 0 spiro atoms. The number of aliphatic carboxylic acids is 1. The molecule has 0 heterocycles. The van der Waals surface area contributed by atoms with Gasteiger partial charge in [0, 0.05) is 0 Å². The second kappa shape index (κ2) is 4.43. The van der Waals surface area contributed by atoms with E-state index in [-0.39, 0.29) is 10.7 Å². The van der Waals surface area contributed by atoms with Gasteiger partial charge in [0.05, 0.1) is 0 Å². The van der Waals surface area contributed by atoms with Gasteiger partial charge in [0.15, 0.2) is 0 Å². The Bertz CT molecular complexity index is 315. The van der Waals surface area contributed by atoms with E-state index in [0.717, 1.165) is 17.8 Å². The van der Waals surface area contributed by atoms with Gasteiger partial charge in [0.2, 0.25) is 0 Å². The van der Waals surface area contributed by atoms with Gasteiger partial charge in [-0.3, -0.25) is 4.79 Å². The van der Waals surface area contributed by atoms with Gasteiger partial charge in [-0.1, -0.05) is 13.8 Å². The van der Waals surface area contributed by atoms with Gasteiger partial charge in [0.25, 0.3) is 0 Å². The van der Waals surface area contributed by atoms with E-state index in [1.54, 1.807) is 11.8 Å². The van der Waals surface area contributed by atoms with Gasteiger partial charge in [-0.2, -0.15) is 0 Å². The minimum absolute atomic E-state index is 0.134. The first kappa shape index (κ1) is 12.8. The quantitative estimate of drug-likeness (QED) is 0.842. The molecule has 4 aliphatic rings. The highest BCUT2D eigenvalue weighted by Gasteiger charge is 2.56. The minimum atomic E-state index is -0.560. The average molecular weight is 268 g/mol. The molecule has 18 heavy (non-hydrogen) atoms. The fraction of sp³-hybridized carbons (Fsp3) is 0.933. The Labute approximate surface area is 114 Å². The highest BCUT2D eigenvalue weighted by molar-refractivity contribution is 8.01. The Hall–Kier alpha value is -0.180. The summed E-state index contributed by atoms with van der Waals surface area (Å²) in [5, 5.41) is 9.92. The van der Waals surface area contributed by atoms with E-state index in [0.29, 0.717) is 5.25 Å². The Balaban J connectivity index is 1.86. The molecule has 2 nitrogen and oxygen atoms in total. The fourth-order valence-corrected chi connectivity index (χ4v) is 6.47. The molecule has 0 radical (unpaired) electrons. The van der Waals surface area contributed by atoms with E-state index >= 15 is 0 Å². The van der Waals surface area contributed by atoms with Gasteiger partial charge >= 0.3 is 5.97 Å². The first-order valence-electron chi connectivity index (χ1n) is 7.37. The van der Waals surface area contributed by atoms with Crippen molar-refractivity contribution in [3.05, 3.63) is 0 Å². The first-order valence-corrected chi connectivity index (χ1v) is 8.31. The van der Waals surface area contributed by atoms with Crippen molar-refractivity contribution in [1.82, 2.24) is 0 Å². The second-order valence-corrected chi connectivity index (χ2v) is 8.87. The van der Waals surface area contributed by atoms with Crippen LogP contribution in [-0.4, -0.2) is 21.6 Å². The zero-order valence-corrected chi connectivity index (χ0v) is 12.2. The Morgan fingerprint density at radius 3 is 1.89 bits per heavy atom. The predicted octanol–water partition coefficient (Wildman–Crippen LogP) is 3.80. The molecule has 1 unspecified atom stereocenters. The summed E-state index contributed by atoms with van der Waals surface area (Å²) >= 11 is 1.70. The number of hydrogen-bond acceptors (Lipinski definition) is 2. The normalized spacial score (nSPS) is 43.4. The van der Waals surface area contributed by atoms with Crippen molar-refractivity contribution in [2.75, 3.05) is 0 Å². The number of carbonyl (C=O) groups is 1. The molecule has 1 atom stereocenters. The number of thioether (sulfide) groups is 1. The van der Waals surface area contributed by atoms with Crippen LogP contribution in [0.15, 0.2) is 0 Å². The van der Waals surface area contributed by atoms with Crippen molar-refractivity contribution in [3.63, 3.8) is 0 Å². The zero-order valence-electron chi connectivity index (χ0n) is 11.4. The van der Waals surface area contributed by atoms with Crippen molar-refractivity contribution in [3.8, 4) is 0 Å². The molecule has 0 amide bonds. The molecule has 4 fully saturated rings. The lowest BCUT2D eigenvalue weighted by atomic mass is 9.48. The minimum Gasteiger partial charge on any atom is -0.480 e. The summed E-state index contributed by atoms with van der Waals surface area (Å²) in [4.78, 5) is 11.7. The first-order chi connectivity index (χ1) is 8.48. The van der Waals surface area contributed by atoms with Crippen LogP contribution < -0.4 is 0 Å². The lowest BCUT2D eigenvalue weighted by Crippen LogP contribution is -2.53. The number of hydrogen-bond donors (Lipinski definition) is 1. The Morgan fingerprint density at radius 2 is 1.56 bits per heavy atom. The average Bonchev–Trinajstić information content (AvgIpc) is 2.23. The monoisotopic (exact) mass is 268 g/mol. The highest BCUT2D eigenvalue weighted by Crippen LogP contribution is 2.63. The van der Waals surface area contributed by atoms with Crippen LogP contribution in [0.5, 0.6) is 0 Å².